The predicted octanol–water partition coefficient (Wildman–Crippen LogP) is 5.47. The van der Waals surface area contributed by atoms with Gasteiger partial charge in [0.1, 0.15) is 17.2 Å². The molecule has 0 saturated carbocycles. The van der Waals surface area contributed by atoms with Crippen molar-refractivity contribution >= 4 is 28.5 Å². The van der Waals surface area contributed by atoms with Crippen LogP contribution in [0.1, 0.15) is 33.3 Å². The molecule has 7 heteroatoms. The number of amides is 1. The molecule has 4 nitrogen and oxygen atoms in total. The van der Waals surface area contributed by atoms with Crippen LogP contribution in [-0.4, -0.2) is 10.8 Å². The normalized spacial score (nSPS) is 15.5. The Morgan fingerprint density at radius 2 is 1.68 bits per heavy atom. The predicted molar refractivity (Wildman–Crippen MR) is 112 cm³/mol. The summed E-state index contributed by atoms with van der Waals surface area (Å²) < 4.78 is 32.9. The van der Waals surface area contributed by atoms with Crippen LogP contribution in [0.2, 0.25) is 5.02 Å². The van der Waals surface area contributed by atoms with Gasteiger partial charge in [-0.15, -0.1) is 0 Å². The molecule has 31 heavy (non-hydrogen) atoms. The fourth-order valence-electron chi connectivity index (χ4n) is 3.97. The Balaban J connectivity index is 1.73. The maximum Gasteiger partial charge on any atom is 0.291 e. The van der Waals surface area contributed by atoms with E-state index < -0.39 is 29.0 Å². The van der Waals surface area contributed by atoms with Gasteiger partial charge in [-0.1, -0.05) is 35.9 Å². The Labute approximate surface area is 180 Å². The van der Waals surface area contributed by atoms with E-state index in [0.29, 0.717) is 16.1 Å². The number of carbonyl (C=O) groups is 1. The zero-order valence-corrected chi connectivity index (χ0v) is 16.7. The average molecular weight is 438 g/mol. The third-order valence-corrected chi connectivity index (χ3v) is 5.59. The fraction of sp³-hybridized carbons (Fsp3) is 0.0833. The molecule has 154 valence electrons. The van der Waals surface area contributed by atoms with Crippen molar-refractivity contribution in [3.05, 3.63) is 116 Å². The molecule has 0 N–H and O–H groups in total. The van der Waals surface area contributed by atoms with Crippen LogP contribution in [0.15, 0.2) is 75.9 Å². The number of benzene rings is 3. The molecule has 0 fully saturated rings. The number of carbonyl (C=O) groups excluding carboxylic acids is 1. The molecule has 0 radical (unpaired) electrons. The van der Waals surface area contributed by atoms with Crippen molar-refractivity contribution in [1.82, 2.24) is 4.90 Å². The molecule has 0 bridgehead atoms. The van der Waals surface area contributed by atoms with Crippen LogP contribution in [0.4, 0.5) is 8.78 Å². The van der Waals surface area contributed by atoms with Crippen molar-refractivity contribution in [2.45, 2.75) is 12.6 Å². The lowest BCUT2D eigenvalue weighted by Crippen LogP contribution is -2.29. The summed E-state index contributed by atoms with van der Waals surface area (Å²) in [5.41, 5.74) is 1.08. The van der Waals surface area contributed by atoms with E-state index in [0.717, 1.165) is 6.07 Å². The zero-order chi connectivity index (χ0) is 21.7. The fourth-order valence-corrected chi connectivity index (χ4v) is 4.16. The molecule has 5 rings (SSSR count). The van der Waals surface area contributed by atoms with Gasteiger partial charge in [-0.25, -0.2) is 8.78 Å². The van der Waals surface area contributed by atoms with Crippen molar-refractivity contribution in [2.75, 3.05) is 0 Å². The summed E-state index contributed by atoms with van der Waals surface area (Å²) in [7, 11) is 0. The number of fused-ring (bicyclic) bond motifs is 2. The Hall–Kier alpha value is -3.51. The topological polar surface area (TPSA) is 50.5 Å². The molecule has 0 spiro atoms. The second kappa shape index (κ2) is 7.32. The first-order valence-electron chi connectivity index (χ1n) is 9.49. The summed E-state index contributed by atoms with van der Waals surface area (Å²) in [5.74, 6) is -1.54. The van der Waals surface area contributed by atoms with Crippen LogP contribution in [0.3, 0.4) is 0 Å². The van der Waals surface area contributed by atoms with Gasteiger partial charge in [-0.05, 0) is 53.6 Å². The SMILES string of the molecule is O=C1c2oc3ccc(F)cc3c(=O)c2C(c2cccc(Cl)c2)N1Cc1ccc(F)cc1. The summed E-state index contributed by atoms with van der Waals surface area (Å²) in [6.07, 6.45) is 0. The van der Waals surface area contributed by atoms with Crippen LogP contribution in [0.25, 0.3) is 11.0 Å². The van der Waals surface area contributed by atoms with Gasteiger partial charge in [0.2, 0.25) is 5.76 Å². The number of nitrogens with zero attached hydrogens (tertiary/aromatic N) is 1. The first kappa shape index (κ1) is 19.5. The highest BCUT2D eigenvalue weighted by Crippen LogP contribution is 2.39. The lowest BCUT2D eigenvalue weighted by atomic mass is 9.98. The Morgan fingerprint density at radius 1 is 0.935 bits per heavy atom. The molecule has 1 aliphatic heterocycles. The van der Waals surface area contributed by atoms with E-state index in [2.05, 4.69) is 0 Å². The number of halogens is 3. The highest BCUT2D eigenvalue weighted by molar-refractivity contribution is 6.30. The van der Waals surface area contributed by atoms with E-state index >= 15 is 0 Å². The van der Waals surface area contributed by atoms with E-state index in [1.165, 1.54) is 29.2 Å². The highest BCUT2D eigenvalue weighted by Gasteiger charge is 2.42. The van der Waals surface area contributed by atoms with Gasteiger partial charge in [0.25, 0.3) is 5.91 Å². The molecule has 1 unspecified atom stereocenters. The number of hydrogen-bond acceptors (Lipinski definition) is 3. The molecule has 1 aliphatic rings. The number of rotatable bonds is 3. The summed E-state index contributed by atoms with van der Waals surface area (Å²) in [6.45, 7) is 0.116. The van der Waals surface area contributed by atoms with Crippen molar-refractivity contribution in [2.24, 2.45) is 0 Å². The van der Waals surface area contributed by atoms with Gasteiger partial charge in [-0.2, -0.15) is 0 Å². The smallest absolute Gasteiger partial charge is 0.291 e. The number of hydrogen-bond donors (Lipinski definition) is 0. The van der Waals surface area contributed by atoms with E-state index in [4.69, 9.17) is 16.0 Å². The first-order chi connectivity index (χ1) is 14.9. The minimum absolute atomic E-state index is 0.0576. The maximum absolute atomic E-state index is 13.8. The second-order valence-corrected chi connectivity index (χ2v) is 7.77. The quantitative estimate of drug-likeness (QED) is 0.427. The lowest BCUT2D eigenvalue weighted by molar-refractivity contribution is 0.0714. The summed E-state index contributed by atoms with van der Waals surface area (Å²) >= 11 is 6.17. The van der Waals surface area contributed by atoms with E-state index in [-0.39, 0.29) is 28.8 Å². The van der Waals surface area contributed by atoms with Crippen LogP contribution >= 0.6 is 11.6 Å². The van der Waals surface area contributed by atoms with Crippen LogP contribution < -0.4 is 5.43 Å². The van der Waals surface area contributed by atoms with Crippen molar-refractivity contribution in [3.8, 4) is 0 Å². The maximum atomic E-state index is 13.8. The van der Waals surface area contributed by atoms with Crippen LogP contribution in [-0.2, 0) is 6.54 Å². The molecular formula is C24H14ClF2NO3. The van der Waals surface area contributed by atoms with Gasteiger partial charge < -0.3 is 9.32 Å². The second-order valence-electron chi connectivity index (χ2n) is 7.33. The molecular weight excluding hydrogens is 424 g/mol. The Bertz CT molecular complexity index is 1400. The molecule has 1 aromatic heterocycles. The summed E-state index contributed by atoms with van der Waals surface area (Å²) in [4.78, 5) is 28.1. The molecule has 3 aromatic carbocycles. The van der Waals surface area contributed by atoms with Gasteiger partial charge in [0, 0.05) is 11.6 Å². The average Bonchev–Trinajstić information content (AvgIpc) is 3.02. The monoisotopic (exact) mass is 437 g/mol. The van der Waals surface area contributed by atoms with E-state index in [1.54, 1.807) is 36.4 Å². The summed E-state index contributed by atoms with van der Waals surface area (Å²) in [6, 6.07) is 15.4. The van der Waals surface area contributed by atoms with Crippen LogP contribution in [0, 0.1) is 11.6 Å². The molecule has 0 saturated heterocycles. The first-order valence-corrected chi connectivity index (χ1v) is 9.87. The molecule has 0 aliphatic carbocycles. The molecule has 2 heterocycles. The van der Waals surface area contributed by atoms with Crippen molar-refractivity contribution in [3.63, 3.8) is 0 Å². The van der Waals surface area contributed by atoms with Gasteiger partial charge >= 0.3 is 0 Å². The standard InChI is InChI=1S/C24H14ClF2NO3/c25-15-3-1-2-14(10-15)21-20-22(29)18-11-17(27)8-9-19(18)31-23(20)24(30)28(21)12-13-4-6-16(26)7-5-13/h1-11,21H,12H2. The zero-order valence-electron chi connectivity index (χ0n) is 15.9. The lowest BCUT2D eigenvalue weighted by Gasteiger charge is -2.25. The van der Waals surface area contributed by atoms with Crippen LogP contribution in [0.5, 0.6) is 0 Å². The minimum atomic E-state index is -0.782. The third kappa shape index (κ3) is 3.29. The molecule has 1 atom stereocenters. The molecule has 1 amide bonds. The van der Waals surface area contributed by atoms with Gasteiger partial charge in [-0.3, -0.25) is 9.59 Å². The minimum Gasteiger partial charge on any atom is -0.450 e. The van der Waals surface area contributed by atoms with Gasteiger partial charge in [0.15, 0.2) is 5.43 Å². The third-order valence-electron chi connectivity index (χ3n) is 5.36. The molecule has 4 aromatic rings. The van der Waals surface area contributed by atoms with E-state index in [9.17, 15) is 18.4 Å². The van der Waals surface area contributed by atoms with E-state index in [1.807, 2.05) is 0 Å². The Morgan fingerprint density at radius 3 is 2.42 bits per heavy atom. The Kier molecular flexibility index (Phi) is 4.59. The summed E-state index contributed by atoms with van der Waals surface area (Å²) in [5, 5.41) is 0.499. The largest absolute Gasteiger partial charge is 0.450 e. The van der Waals surface area contributed by atoms with Crippen molar-refractivity contribution in [1.29, 1.82) is 0 Å². The van der Waals surface area contributed by atoms with Crippen molar-refractivity contribution < 1.29 is 18.0 Å². The highest BCUT2D eigenvalue weighted by atomic mass is 35.5. The van der Waals surface area contributed by atoms with Gasteiger partial charge in [0.05, 0.1) is 17.0 Å².